The van der Waals surface area contributed by atoms with Crippen LogP contribution in [-0.2, 0) is 23.7 Å². The number of Topliss-reactive ketones (excluding diaryl/α,β-unsaturated/α-hetero) is 1. The average molecular weight is 269 g/mol. The molecule has 0 N–H and O–H groups in total. The SMILES string of the molecule is [C-]#[N+]C1=C[C@]2(C)c3nn(C)cc3CC[C@H]2[C@H](CC)C1=O. The smallest absolute Gasteiger partial charge is 0.226 e. The van der Waals surface area contributed by atoms with E-state index in [0.29, 0.717) is 5.70 Å². The summed E-state index contributed by atoms with van der Waals surface area (Å²) in [4.78, 5) is 15.9. The first kappa shape index (κ1) is 13.1. The minimum Gasteiger partial charge on any atom is -0.308 e. The Morgan fingerprint density at radius 3 is 3.00 bits per heavy atom. The van der Waals surface area contributed by atoms with Gasteiger partial charge in [0.05, 0.1) is 12.3 Å². The number of fused-ring (bicyclic) bond motifs is 3. The van der Waals surface area contributed by atoms with E-state index in [0.717, 1.165) is 25.0 Å². The highest BCUT2D eigenvalue weighted by Gasteiger charge is 2.50. The molecule has 0 aromatic carbocycles. The van der Waals surface area contributed by atoms with Crippen LogP contribution < -0.4 is 0 Å². The lowest BCUT2D eigenvalue weighted by molar-refractivity contribution is -0.122. The minimum atomic E-state index is -0.274. The van der Waals surface area contributed by atoms with Gasteiger partial charge in [0.2, 0.25) is 5.70 Å². The summed E-state index contributed by atoms with van der Waals surface area (Å²) >= 11 is 0. The van der Waals surface area contributed by atoms with Crippen molar-refractivity contribution in [2.75, 3.05) is 0 Å². The normalized spacial score (nSPS) is 32.1. The fraction of sp³-hybridized carbons (Fsp3) is 0.562. The number of carbonyl (C=O) groups excluding carboxylic acids is 1. The van der Waals surface area contributed by atoms with Crippen molar-refractivity contribution >= 4 is 5.78 Å². The fourth-order valence-corrected chi connectivity index (χ4v) is 4.04. The molecule has 1 aromatic heterocycles. The van der Waals surface area contributed by atoms with Crippen molar-refractivity contribution in [2.45, 2.75) is 38.5 Å². The molecule has 0 spiro atoms. The van der Waals surface area contributed by atoms with E-state index in [9.17, 15) is 4.79 Å². The van der Waals surface area contributed by atoms with Crippen LogP contribution in [0.15, 0.2) is 18.0 Å². The second-order valence-corrected chi connectivity index (χ2v) is 6.12. The Morgan fingerprint density at radius 2 is 2.35 bits per heavy atom. The molecule has 0 bridgehead atoms. The summed E-state index contributed by atoms with van der Waals surface area (Å²) in [5.41, 5.74) is 2.34. The third-order valence-electron chi connectivity index (χ3n) is 4.98. The Bertz CT molecular complexity index is 649. The van der Waals surface area contributed by atoms with E-state index in [1.54, 1.807) is 0 Å². The van der Waals surface area contributed by atoms with Gasteiger partial charge in [-0.3, -0.25) is 4.68 Å². The van der Waals surface area contributed by atoms with Crippen LogP contribution in [0.2, 0.25) is 0 Å². The van der Waals surface area contributed by atoms with Crippen molar-refractivity contribution in [3.63, 3.8) is 0 Å². The quantitative estimate of drug-likeness (QED) is 0.735. The first-order valence-electron chi connectivity index (χ1n) is 7.18. The summed E-state index contributed by atoms with van der Waals surface area (Å²) in [6, 6.07) is 0. The molecule has 1 heterocycles. The van der Waals surface area contributed by atoms with Gasteiger partial charge in [-0.25, -0.2) is 4.85 Å². The van der Waals surface area contributed by atoms with Crippen molar-refractivity contribution in [2.24, 2.45) is 18.9 Å². The summed E-state index contributed by atoms with van der Waals surface area (Å²) in [5, 5.41) is 4.63. The molecular formula is C16H19N3O. The number of carbonyl (C=O) groups is 1. The minimum absolute atomic E-state index is 0.0318. The number of aryl methyl sites for hydroxylation is 2. The van der Waals surface area contributed by atoms with Crippen molar-refractivity contribution < 1.29 is 4.79 Å². The van der Waals surface area contributed by atoms with Gasteiger partial charge in [0.1, 0.15) is 0 Å². The van der Waals surface area contributed by atoms with E-state index in [2.05, 4.69) is 23.1 Å². The van der Waals surface area contributed by atoms with Crippen molar-refractivity contribution in [3.05, 3.63) is 40.6 Å². The van der Waals surface area contributed by atoms with Crippen molar-refractivity contribution in [3.8, 4) is 0 Å². The van der Waals surface area contributed by atoms with Crippen molar-refractivity contribution in [1.82, 2.24) is 9.78 Å². The van der Waals surface area contributed by atoms with E-state index < -0.39 is 0 Å². The van der Waals surface area contributed by atoms with Gasteiger partial charge in [-0.15, -0.1) is 0 Å². The lowest BCUT2D eigenvalue weighted by Crippen LogP contribution is -2.46. The lowest BCUT2D eigenvalue weighted by Gasteiger charge is -2.45. The maximum Gasteiger partial charge on any atom is 0.226 e. The van der Waals surface area contributed by atoms with Gasteiger partial charge >= 0.3 is 0 Å². The van der Waals surface area contributed by atoms with Gasteiger partial charge in [-0.05, 0) is 30.7 Å². The number of nitrogens with zero attached hydrogens (tertiary/aromatic N) is 3. The number of rotatable bonds is 1. The zero-order valence-corrected chi connectivity index (χ0v) is 12.2. The van der Waals surface area contributed by atoms with E-state index in [4.69, 9.17) is 6.57 Å². The number of hydrogen-bond donors (Lipinski definition) is 0. The zero-order chi connectivity index (χ0) is 14.5. The van der Waals surface area contributed by atoms with Gasteiger partial charge in [0.25, 0.3) is 0 Å². The van der Waals surface area contributed by atoms with E-state index >= 15 is 0 Å². The molecule has 1 aromatic rings. The molecule has 4 nitrogen and oxygen atoms in total. The standard InChI is InChI=1S/C16H19N3O/c1-5-11-12-7-6-10-9-19(4)18-15(10)16(12,2)8-13(17-3)14(11)20/h8-9,11-12H,5-7H2,1-2,4H3/t11-,12-,16-/m0/s1. The predicted molar refractivity (Wildman–Crippen MR) is 75.8 cm³/mol. The number of allylic oxidation sites excluding steroid dienone is 2. The maximum absolute atomic E-state index is 12.4. The first-order chi connectivity index (χ1) is 9.51. The molecule has 3 rings (SSSR count). The maximum atomic E-state index is 12.4. The molecule has 0 saturated heterocycles. The third kappa shape index (κ3) is 1.59. The Morgan fingerprint density at radius 1 is 1.60 bits per heavy atom. The molecule has 0 unspecified atom stereocenters. The predicted octanol–water partition coefficient (Wildman–Crippen LogP) is 2.65. The summed E-state index contributed by atoms with van der Waals surface area (Å²) in [6.45, 7) is 11.5. The molecule has 4 heteroatoms. The highest BCUT2D eigenvalue weighted by atomic mass is 16.1. The fourth-order valence-electron chi connectivity index (χ4n) is 4.04. The molecule has 20 heavy (non-hydrogen) atoms. The van der Waals surface area contributed by atoms with Crippen LogP contribution in [0.3, 0.4) is 0 Å². The van der Waals surface area contributed by atoms with Gasteiger partial charge in [0, 0.05) is 24.6 Å². The molecule has 104 valence electrons. The molecule has 3 atom stereocenters. The van der Waals surface area contributed by atoms with Crippen LogP contribution in [0.25, 0.3) is 4.85 Å². The topological polar surface area (TPSA) is 39.2 Å². The van der Waals surface area contributed by atoms with Gasteiger partial charge in [0.15, 0.2) is 5.78 Å². The average Bonchev–Trinajstić information content (AvgIpc) is 2.81. The second kappa shape index (κ2) is 4.31. The number of ketones is 1. The summed E-state index contributed by atoms with van der Waals surface area (Å²) in [5.74, 6) is 0.265. The molecule has 0 amide bonds. The highest BCUT2D eigenvalue weighted by molar-refractivity contribution is 6.00. The molecule has 2 aliphatic carbocycles. The Balaban J connectivity index is 2.22. The summed E-state index contributed by atoms with van der Waals surface area (Å²) in [7, 11) is 1.93. The number of aromatic nitrogens is 2. The molecular weight excluding hydrogens is 250 g/mol. The van der Waals surface area contributed by atoms with Crippen LogP contribution in [0.1, 0.15) is 37.9 Å². The van der Waals surface area contributed by atoms with E-state index in [1.807, 2.05) is 24.7 Å². The monoisotopic (exact) mass is 269 g/mol. The van der Waals surface area contributed by atoms with Gasteiger partial charge in [-0.2, -0.15) is 5.10 Å². The Labute approximate surface area is 119 Å². The van der Waals surface area contributed by atoms with Crippen LogP contribution in [0, 0.1) is 18.4 Å². The largest absolute Gasteiger partial charge is 0.308 e. The van der Waals surface area contributed by atoms with E-state index in [-0.39, 0.29) is 23.0 Å². The van der Waals surface area contributed by atoms with Crippen LogP contribution in [0.4, 0.5) is 0 Å². The third-order valence-corrected chi connectivity index (χ3v) is 4.98. The van der Waals surface area contributed by atoms with Crippen LogP contribution in [0.5, 0.6) is 0 Å². The molecule has 2 aliphatic rings. The Hall–Kier alpha value is -1.89. The second-order valence-electron chi connectivity index (χ2n) is 6.12. The zero-order valence-electron chi connectivity index (χ0n) is 12.2. The van der Waals surface area contributed by atoms with Crippen LogP contribution >= 0.6 is 0 Å². The molecule has 0 aliphatic heterocycles. The first-order valence-corrected chi connectivity index (χ1v) is 7.18. The molecule has 0 saturated carbocycles. The summed E-state index contributed by atoms with van der Waals surface area (Å²) in [6.07, 6.45) is 6.73. The van der Waals surface area contributed by atoms with Crippen LogP contribution in [-0.4, -0.2) is 15.6 Å². The molecule has 0 radical (unpaired) electrons. The highest BCUT2D eigenvalue weighted by Crippen LogP contribution is 2.50. The van der Waals surface area contributed by atoms with Gasteiger partial charge < -0.3 is 4.79 Å². The van der Waals surface area contributed by atoms with E-state index in [1.165, 1.54) is 5.56 Å². The summed E-state index contributed by atoms with van der Waals surface area (Å²) < 4.78 is 1.85. The van der Waals surface area contributed by atoms with Crippen molar-refractivity contribution in [1.29, 1.82) is 0 Å². The molecule has 0 fully saturated rings. The van der Waals surface area contributed by atoms with Gasteiger partial charge in [-0.1, -0.05) is 19.9 Å². The lowest BCUT2D eigenvalue weighted by atomic mass is 9.58. The number of hydrogen-bond acceptors (Lipinski definition) is 2. The Kier molecular flexibility index (Phi) is 2.82.